The zero-order valence-electron chi connectivity index (χ0n) is 21.8. The number of benzene rings is 1. The van der Waals surface area contributed by atoms with E-state index < -0.39 is 0 Å². The Morgan fingerprint density at radius 3 is 2.69 bits per heavy atom. The Labute approximate surface area is 227 Å². The molecule has 3 aliphatic rings. The molecule has 2 N–H and O–H groups in total. The molecule has 3 fully saturated rings. The molecule has 0 amide bonds. The molecule has 0 saturated carbocycles. The molecular formula is C29H32N8O2. The molecule has 3 aliphatic heterocycles. The van der Waals surface area contributed by atoms with E-state index >= 15 is 0 Å². The fraction of sp³-hybridized carbons (Fsp3) is 0.414. The number of aliphatic hydroxyl groups excluding tert-OH is 1. The highest BCUT2D eigenvalue weighted by Gasteiger charge is 2.40. The van der Waals surface area contributed by atoms with Gasteiger partial charge in [0.25, 0.3) is 0 Å². The quantitative estimate of drug-likeness (QED) is 0.373. The summed E-state index contributed by atoms with van der Waals surface area (Å²) >= 11 is 0. The van der Waals surface area contributed by atoms with E-state index in [0.717, 1.165) is 91.5 Å². The second kappa shape index (κ2) is 10.4. The van der Waals surface area contributed by atoms with Crippen LogP contribution in [0.15, 0.2) is 55.0 Å². The Bertz CT molecular complexity index is 1460. The molecule has 6 heterocycles. The van der Waals surface area contributed by atoms with Crippen molar-refractivity contribution >= 4 is 28.5 Å². The number of aromatic nitrogens is 5. The van der Waals surface area contributed by atoms with E-state index in [4.69, 9.17) is 24.8 Å². The van der Waals surface area contributed by atoms with Crippen molar-refractivity contribution in [2.24, 2.45) is 0 Å². The zero-order valence-corrected chi connectivity index (χ0v) is 21.8. The van der Waals surface area contributed by atoms with E-state index in [0.29, 0.717) is 24.0 Å². The van der Waals surface area contributed by atoms with Crippen molar-refractivity contribution in [3.8, 4) is 11.3 Å². The highest BCUT2D eigenvalue weighted by Crippen LogP contribution is 2.32. The Morgan fingerprint density at radius 1 is 1.00 bits per heavy atom. The van der Waals surface area contributed by atoms with Gasteiger partial charge in [-0.3, -0.25) is 4.98 Å². The maximum absolute atomic E-state index is 9.15. The largest absolute Gasteiger partial charge is 0.395 e. The van der Waals surface area contributed by atoms with Crippen LogP contribution in [0.3, 0.4) is 0 Å². The SMILES string of the molecule is OCCN1CCC(c2ccc(Nc3nccc(-c4ccc5nc(N6C[C@@H]7C[C@H]6CO7)ncc5c4)n3)cn2)CC1. The minimum absolute atomic E-state index is 0.221. The molecule has 7 rings (SSSR count). The maximum Gasteiger partial charge on any atom is 0.227 e. The lowest BCUT2D eigenvalue weighted by Crippen LogP contribution is -2.38. The number of nitrogens with one attached hydrogen (secondary N) is 1. The predicted molar refractivity (Wildman–Crippen MR) is 149 cm³/mol. The van der Waals surface area contributed by atoms with Crippen LogP contribution in [0.2, 0.25) is 0 Å². The highest BCUT2D eigenvalue weighted by atomic mass is 16.5. The van der Waals surface area contributed by atoms with Gasteiger partial charge in [-0.1, -0.05) is 6.07 Å². The lowest BCUT2D eigenvalue weighted by molar-refractivity contribution is 0.0986. The summed E-state index contributed by atoms with van der Waals surface area (Å²) in [6.45, 7) is 4.62. The number of fused-ring (bicyclic) bond motifs is 3. The summed E-state index contributed by atoms with van der Waals surface area (Å²) in [6.07, 6.45) is 9.03. The average Bonchev–Trinajstić information content (AvgIpc) is 3.62. The first kappa shape index (κ1) is 24.3. The monoisotopic (exact) mass is 524 g/mol. The standard InChI is InChI=1S/C29H32N8O2/c38-12-11-36-9-6-19(7-10-36)25-4-2-22(16-31-25)33-28-30-8-5-27(34-28)20-1-3-26-21(13-20)15-32-29(35-26)37-17-24-14-23(37)18-39-24/h1-5,8,13,15-16,19,23-24,38H,6-7,9-12,14,17-18H2,(H,30,33,34)/t23-,24-/m0/s1. The van der Waals surface area contributed by atoms with Gasteiger partial charge in [-0.25, -0.2) is 19.9 Å². The van der Waals surface area contributed by atoms with E-state index in [1.807, 2.05) is 36.7 Å². The lowest BCUT2D eigenvalue weighted by atomic mass is 9.93. The van der Waals surface area contributed by atoms with Gasteiger partial charge in [0.2, 0.25) is 11.9 Å². The number of aliphatic hydroxyl groups is 1. The number of piperidine rings is 1. The Kier molecular flexibility index (Phi) is 6.51. The molecule has 2 bridgehead atoms. The van der Waals surface area contributed by atoms with Gasteiger partial charge in [0.15, 0.2) is 0 Å². The maximum atomic E-state index is 9.15. The Balaban J connectivity index is 1.03. The first-order chi connectivity index (χ1) is 19.2. The fourth-order valence-corrected chi connectivity index (χ4v) is 5.99. The highest BCUT2D eigenvalue weighted by molar-refractivity contribution is 5.84. The number of likely N-dealkylation sites (tertiary alicyclic amines) is 1. The van der Waals surface area contributed by atoms with E-state index in [9.17, 15) is 0 Å². The van der Waals surface area contributed by atoms with Crippen molar-refractivity contribution < 1.29 is 9.84 Å². The van der Waals surface area contributed by atoms with Crippen LogP contribution in [0.25, 0.3) is 22.2 Å². The average molecular weight is 525 g/mol. The summed E-state index contributed by atoms with van der Waals surface area (Å²) in [5.74, 6) is 1.77. The van der Waals surface area contributed by atoms with Crippen LogP contribution in [0.1, 0.15) is 30.9 Å². The van der Waals surface area contributed by atoms with Gasteiger partial charge in [-0.2, -0.15) is 0 Å². The van der Waals surface area contributed by atoms with Gasteiger partial charge in [-0.05, 0) is 62.7 Å². The van der Waals surface area contributed by atoms with Gasteiger partial charge >= 0.3 is 0 Å². The summed E-state index contributed by atoms with van der Waals surface area (Å²) in [4.78, 5) is 28.0. The van der Waals surface area contributed by atoms with E-state index in [2.05, 4.69) is 37.2 Å². The zero-order chi connectivity index (χ0) is 26.2. The van der Waals surface area contributed by atoms with Gasteiger partial charge in [0, 0.05) is 48.0 Å². The second-order valence-corrected chi connectivity index (χ2v) is 10.6. The summed E-state index contributed by atoms with van der Waals surface area (Å²) in [5.41, 5.74) is 4.70. The van der Waals surface area contributed by atoms with E-state index in [1.165, 1.54) is 0 Å². The van der Waals surface area contributed by atoms with Crippen LogP contribution in [0, 0.1) is 0 Å². The van der Waals surface area contributed by atoms with Gasteiger partial charge < -0.3 is 25.0 Å². The third-order valence-corrected chi connectivity index (χ3v) is 8.14. The Morgan fingerprint density at radius 2 is 1.92 bits per heavy atom. The fourth-order valence-electron chi connectivity index (χ4n) is 5.99. The van der Waals surface area contributed by atoms with E-state index in [-0.39, 0.29) is 6.61 Å². The second-order valence-electron chi connectivity index (χ2n) is 10.6. The molecule has 0 radical (unpaired) electrons. The van der Waals surface area contributed by atoms with Crippen molar-refractivity contribution in [1.29, 1.82) is 0 Å². The summed E-state index contributed by atoms with van der Waals surface area (Å²) in [6, 6.07) is 12.6. The number of ether oxygens (including phenoxy) is 1. The van der Waals surface area contributed by atoms with Crippen molar-refractivity contribution in [2.45, 2.75) is 37.3 Å². The number of rotatable bonds is 7. The number of pyridine rings is 1. The molecule has 1 aromatic carbocycles. The minimum Gasteiger partial charge on any atom is -0.395 e. The first-order valence-electron chi connectivity index (χ1n) is 13.8. The molecule has 4 aromatic rings. The molecule has 10 nitrogen and oxygen atoms in total. The van der Waals surface area contributed by atoms with Gasteiger partial charge in [-0.15, -0.1) is 0 Å². The Hall–Kier alpha value is -3.73. The molecular weight excluding hydrogens is 492 g/mol. The topological polar surface area (TPSA) is 112 Å². The third-order valence-electron chi connectivity index (χ3n) is 8.14. The van der Waals surface area contributed by atoms with Crippen LogP contribution < -0.4 is 10.2 Å². The number of hydrogen-bond donors (Lipinski definition) is 2. The third kappa shape index (κ3) is 5.03. The van der Waals surface area contributed by atoms with Crippen molar-refractivity contribution in [3.63, 3.8) is 0 Å². The molecule has 3 saturated heterocycles. The lowest BCUT2D eigenvalue weighted by Gasteiger charge is -2.31. The summed E-state index contributed by atoms with van der Waals surface area (Å²) < 4.78 is 5.72. The first-order valence-corrected chi connectivity index (χ1v) is 13.8. The van der Waals surface area contributed by atoms with Crippen LogP contribution in [0.5, 0.6) is 0 Å². The van der Waals surface area contributed by atoms with Crippen molar-refractivity contribution in [1.82, 2.24) is 29.8 Å². The van der Waals surface area contributed by atoms with E-state index in [1.54, 1.807) is 6.20 Å². The van der Waals surface area contributed by atoms with Crippen molar-refractivity contribution in [2.75, 3.05) is 49.6 Å². The minimum atomic E-state index is 0.221. The number of nitrogens with zero attached hydrogens (tertiary/aromatic N) is 7. The predicted octanol–water partition coefficient (Wildman–Crippen LogP) is 3.37. The molecule has 200 valence electrons. The normalized spacial score (nSPS) is 21.6. The van der Waals surface area contributed by atoms with Crippen molar-refractivity contribution in [3.05, 3.63) is 60.7 Å². The van der Waals surface area contributed by atoms with Gasteiger partial charge in [0.05, 0.1) is 48.5 Å². The van der Waals surface area contributed by atoms with Crippen LogP contribution in [-0.4, -0.2) is 86.5 Å². The molecule has 39 heavy (non-hydrogen) atoms. The van der Waals surface area contributed by atoms with Crippen LogP contribution in [-0.2, 0) is 4.74 Å². The number of hydrogen-bond acceptors (Lipinski definition) is 10. The molecule has 0 spiro atoms. The molecule has 10 heteroatoms. The smallest absolute Gasteiger partial charge is 0.227 e. The molecule has 0 unspecified atom stereocenters. The molecule has 0 aliphatic carbocycles. The van der Waals surface area contributed by atoms with Gasteiger partial charge in [0.1, 0.15) is 0 Å². The summed E-state index contributed by atoms with van der Waals surface area (Å²) in [5, 5.41) is 13.4. The molecule has 2 atom stereocenters. The molecule has 3 aromatic heterocycles. The number of β-amino-alcohol motifs (C(OH)–C–C–N with tert-alkyl or cyclic N) is 1. The summed E-state index contributed by atoms with van der Waals surface area (Å²) in [7, 11) is 0. The van der Waals surface area contributed by atoms with Crippen LogP contribution >= 0.6 is 0 Å². The van der Waals surface area contributed by atoms with Crippen LogP contribution in [0.4, 0.5) is 17.6 Å². The number of morpholine rings is 1. The number of anilines is 3.